The Labute approximate surface area is 114 Å². The Hall–Kier alpha value is -0.340. The van der Waals surface area contributed by atoms with Gasteiger partial charge in [-0.3, -0.25) is 0 Å². The second-order valence-corrected chi connectivity index (χ2v) is 7.67. The molecule has 0 aromatic carbocycles. The third-order valence-electron chi connectivity index (χ3n) is 5.92. The van der Waals surface area contributed by atoms with Gasteiger partial charge in [-0.1, -0.05) is 6.42 Å². The first-order valence-electron chi connectivity index (χ1n) is 7.59. The van der Waals surface area contributed by atoms with Crippen molar-refractivity contribution < 1.29 is 0 Å². The number of thiophene rings is 1. The van der Waals surface area contributed by atoms with E-state index in [1.54, 1.807) is 11.3 Å². The van der Waals surface area contributed by atoms with E-state index in [-0.39, 0.29) is 0 Å². The zero-order chi connectivity index (χ0) is 12.1. The molecule has 0 amide bonds. The minimum Gasteiger partial charge on any atom is -0.309 e. The molecular formula is C16H23NS. The Bertz CT molecular complexity index is 438. The number of nitrogens with one attached hydrogen (secondary N) is 1. The molecule has 1 heterocycles. The van der Waals surface area contributed by atoms with Crippen LogP contribution in [0.3, 0.4) is 0 Å². The highest BCUT2D eigenvalue weighted by atomic mass is 32.1. The van der Waals surface area contributed by atoms with Gasteiger partial charge < -0.3 is 5.32 Å². The van der Waals surface area contributed by atoms with Crippen molar-refractivity contribution in [3.8, 4) is 0 Å². The van der Waals surface area contributed by atoms with Crippen LogP contribution in [0.2, 0.25) is 0 Å². The molecule has 0 radical (unpaired) electrons. The summed E-state index contributed by atoms with van der Waals surface area (Å²) in [5, 5.41) is 6.10. The minimum atomic E-state index is 0.829. The van der Waals surface area contributed by atoms with Gasteiger partial charge in [0.2, 0.25) is 0 Å². The molecule has 2 heteroatoms. The first-order valence-corrected chi connectivity index (χ1v) is 8.47. The standard InChI is InChI=1S/C16H23NS/c1-10-5-6-18-16(10)9-17-15-8-11-7-14(15)13-4-2-3-12(11)13/h5-6,11-15,17H,2-4,7-9H2,1H3. The lowest BCUT2D eigenvalue weighted by atomic mass is 9.79. The van der Waals surface area contributed by atoms with E-state index < -0.39 is 0 Å². The Balaban J connectivity index is 1.41. The van der Waals surface area contributed by atoms with Crippen LogP contribution in [-0.4, -0.2) is 6.04 Å². The van der Waals surface area contributed by atoms with Crippen molar-refractivity contribution in [3.63, 3.8) is 0 Å². The van der Waals surface area contributed by atoms with Crippen molar-refractivity contribution in [2.45, 2.75) is 51.6 Å². The zero-order valence-electron chi connectivity index (χ0n) is 11.2. The fraction of sp³-hybridized carbons (Fsp3) is 0.750. The van der Waals surface area contributed by atoms with Crippen LogP contribution < -0.4 is 5.32 Å². The van der Waals surface area contributed by atoms with Crippen LogP contribution in [0.15, 0.2) is 11.4 Å². The lowest BCUT2D eigenvalue weighted by Gasteiger charge is -2.32. The average Bonchev–Trinajstić information content (AvgIpc) is 3.08. The highest BCUT2D eigenvalue weighted by Gasteiger charge is 2.53. The number of aryl methyl sites for hydroxylation is 1. The van der Waals surface area contributed by atoms with Crippen molar-refractivity contribution >= 4 is 11.3 Å². The Morgan fingerprint density at radius 2 is 2.11 bits per heavy atom. The number of fused-ring (bicyclic) bond motifs is 5. The first-order chi connectivity index (χ1) is 8.83. The molecule has 2 bridgehead atoms. The van der Waals surface area contributed by atoms with Crippen LogP contribution in [0.25, 0.3) is 0 Å². The highest BCUT2D eigenvalue weighted by molar-refractivity contribution is 7.10. The maximum Gasteiger partial charge on any atom is 0.0305 e. The summed E-state index contributed by atoms with van der Waals surface area (Å²) in [5.74, 6) is 4.30. The quantitative estimate of drug-likeness (QED) is 0.868. The van der Waals surface area contributed by atoms with Gasteiger partial charge in [0.1, 0.15) is 0 Å². The van der Waals surface area contributed by atoms with E-state index in [1.807, 2.05) is 11.3 Å². The van der Waals surface area contributed by atoms with Crippen LogP contribution in [0.1, 0.15) is 42.5 Å². The van der Waals surface area contributed by atoms with Crippen molar-refractivity contribution in [2.24, 2.45) is 23.7 Å². The molecule has 1 N–H and O–H groups in total. The van der Waals surface area contributed by atoms with Gasteiger partial charge in [-0.05, 0) is 73.3 Å². The van der Waals surface area contributed by atoms with Gasteiger partial charge in [0, 0.05) is 17.5 Å². The predicted molar refractivity (Wildman–Crippen MR) is 76.7 cm³/mol. The van der Waals surface area contributed by atoms with Gasteiger partial charge >= 0.3 is 0 Å². The Morgan fingerprint density at radius 3 is 2.94 bits per heavy atom. The Morgan fingerprint density at radius 1 is 1.22 bits per heavy atom. The molecule has 5 atom stereocenters. The molecule has 4 rings (SSSR count). The molecule has 3 aliphatic rings. The summed E-state index contributed by atoms with van der Waals surface area (Å²) >= 11 is 1.91. The van der Waals surface area contributed by atoms with Crippen LogP contribution in [0.4, 0.5) is 0 Å². The number of hydrogen-bond donors (Lipinski definition) is 1. The highest BCUT2D eigenvalue weighted by Crippen LogP contribution is 2.58. The van der Waals surface area contributed by atoms with E-state index in [2.05, 4.69) is 23.7 Å². The molecule has 1 aromatic rings. The van der Waals surface area contributed by atoms with Gasteiger partial charge in [-0.2, -0.15) is 0 Å². The molecule has 5 unspecified atom stereocenters. The molecule has 0 spiro atoms. The largest absolute Gasteiger partial charge is 0.309 e. The molecule has 0 aliphatic heterocycles. The van der Waals surface area contributed by atoms with Crippen molar-refractivity contribution in [1.29, 1.82) is 0 Å². The van der Waals surface area contributed by atoms with Gasteiger partial charge in [-0.15, -0.1) is 11.3 Å². The fourth-order valence-corrected chi connectivity index (χ4v) is 5.97. The van der Waals surface area contributed by atoms with Crippen LogP contribution in [0.5, 0.6) is 0 Å². The van der Waals surface area contributed by atoms with Gasteiger partial charge in [0.05, 0.1) is 0 Å². The summed E-state index contributed by atoms with van der Waals surface area (Å²) < 4.78 is 0. The molecule has 3 aliphatic carbocycles. The second kappa shape index (κ2) is 4.35. The van der Waals surface area contributed by atoms with E-state index in [0.717, 1.165) is 36.3 Å². The van der Waals surface area contributed by atoms with E-state index in [4.69, 9.17) is 0 Å². The molecule has 3 fully saturated rings. The number of rotatable bonds is 3. The summed E-state index contributed by atoms with van der Waals surface area (Å²) in [6, 6.07) is 3.08. The van der Waals surface area contributed by atoms with Gasteiger partial charge in [0.15, 0.2) is 0 Å². The molecule has 0 saturated heterocycles. The van der Waals surface area contributed by atoms with Crippen molar-refractivity contribution in [2.75, 3.05) is 0 Å². The van der Waals surface area contributed by atoms with E-state index in [9.17, 15) is 0 Å². The topological polar surface area (TPSA) is 12.0 Å². The normalized spacial score (nSPS) is 41.5. The third-order valence-corrected chi connectivity index (χ3v) is 6.94. The van der Waals surface area contributed by atoms with Crippen LogP contribution in [-0.2, 0) is 6.54 Å². The lowest BCUT2D eigenvalue weighted by molar-refractivity contribution is 0.208. The monoisotopic (exact) mass is 261 g/mol. The average molecular weight is 261 g/mol. The number of hydrogen-bond acceptors (Lipinski definition) is 2. The molecule has 1 nitrogen and oxygen atoms in total. The lowest BCUT2D eigenvalue weighted by Crippen LogP contribution is -2.38. The maximum atomic E-state index is 3.88. The van der Waals surface area contributed by atoms with Crippen molar-refractivity contribution in [1.82, 2.24) is 5.32 Å². The molecule has 98 valence electrons. The Kier molecular flexibility index (Phi) is 2.77. The van der Waals surface area contributed by atoms with E-state index in [0.29, 0.717) is 0 Å². The van der Waals surface area contributed by atoms with E-state index in [1.165, 1.54) is 31.2 Å². The summed E-state index contributed by atoms with van der Waals surface area (Å²) in [5.41, 5.74) is 1.47. The molecular weight excluding hydrogens is 238 g/mol. The minimum absolute atomic E-state index is 0.829. The zero-order valence-corrected chi connectivity index (χ0v) is 12.0. The van der Waals surface area contributed by atoms with Crippen LogP contribution in [0, 0.1) is 30.6 Å². The van der Waals surface area contributed by atoms with E-state index >= 15 is 0 Å². The van der Waals surface area contributed by atoms with Gasteiger partial charge in [0.25, 0.3) is 0 Å². The first kappa shape index (κ1) is 11.5. The predicted octanol–water partition coefficient (Wildman–Crippen LogP) is 3.97. The summed E-state index contributed by atoms with van der Waals surface area (Å²) in [4.78, 5) is 1.54. The summed E-state index contributed by atoms with van der Waals surface area (Å²) in [6.07, 6.45) is 7.59. The second-order valence-electron chi connectivity index (χ2n) is 6.67. The molecule has 3 saturated carbocycles. The van der Waals surface area contributed by atoms with Crippen LogP contribution >= 0.6 is 11.3 Å². The SMILES string of the molecule is Cc1ccsc1CNC1CC2CC1C1CCCC21. The maximum absolute atomic E-state index is 3.88. The fourth-order valence-electron chi connectivity index (χ4n) is 5.11. The summed E-state index contributed by atoms with van der Waals surface area (Å²) in [6.45, 7) is 3.34. The van der Waals surface area contributed by atoms with Crippen molar-refractivity contribution in [3.05, 3.63) is 21.9 Å². The smallest absolute Gasteiger partial charge is 0.0305 e. The molecule has 1 aromatic heterocycles. The van der Waals surface area contributed by atoms with Gasteiger partial charge in [-0.25, -0.2) is 0 Å². The molecule has 18 heavy (non-hydrogen) atoms. The third kappa shape index (κ3) is 1.69. The summed E-state index contributed by atoms with van der Waals surface area (Å²) in [7, 11) is 0.